The van der Waals surface area contributed by atoms with Crippen molar-refractivity contribution in [1.29, 1.82) is 0 Å². The van der Waals surface area contributed by atoms with Crippen LogP contribution in [0.3, 0.4) is 0 Å². The molecule has 2 heterocycles. The second-order valence-electron chi connectivity index (χ2n) is 8.49. The number of piperidine rings is 1. The summed E-state index contributed by atoms with van der Waals surface area (Å²) in [7, 11) is 0. The average Bonchev–Trinajstić information content (AvgIpc) is 2.83. The van der Waals surface area contributed by atoms with E-state index in [1.54, 1.807) is 12.1 Å². The van der Waals surface area contributed by atoms with Gasteiger partial charge < -0.3 is 14.7 Å². The summed E-state index contributed by atoms with van der Waals surface area (Å²) in [5.74, 6) is 0.830. The van der Waals surface area contributed by atoms with Gasteiger partial charge in [0.15, 0.2) is 0 Å². The Kier molecular flexibility index (Phi) is 7.13. The van der Waals surface area contributed by atoms with Crippen LogP contribution in [0, 0.1) is 5.92 Å². The number of anilines is 1. The average molecular weight is 440 g/mol. The minimum absolute atomic E-state index is 0.0494. The Morgan fingerprint density at radius 3 is 2.23 bits per heavy atom. The summed E-state index contributed by atoms with van der Waals surface area (Å²) >= 11 is 6.02. The highest BCUT2D eigenvalue weighted by Gasteiger charge is 2.26. The molecule has 164 valence electrons. The molecule has 2 saturated heterocycles. The van der Waals surface area contributed by atoms with Crippen molar-refractivity contribution in [2.75, 3.05) is 44.2 Å². The number of rotatable bonds is 5. The zero-order valence-electron chi connectivity index (χ0n) is 17.9. The van der Waals surface area contributed by atoms with Gasteiger partial charge in [-0.15, -0.1) is 0 Å². The number of para-hydroxylation sites is 1. The van der Waals surface area contributed by atoms with Crippen LogP contribution >= 0.6 is 11.6 Å². The summed E-state index contributed by atoms with van der Waals surface area (Å²) in [6, 6.07) is 17.5. The van der Waals surface area contributed by atoms with E-state index in [9.17, 15) is 9.59 Å². The van der Waals surface area contributed by atoms with Gasteiger partial charge in [0.2, 0.25) is 5.91 Å². The predicted molar refractivity (Wildman–Crippen MR) is 125 cm³/mol. The third-order valence-electron chi connectivity index (χ3n) is 6.49. The van der Waals surface area contributed by atoms with Gasteiger partial charge in [0.1, 0.15) is 0 Å². The molecule has 0 aliphatic carbocycles. The van der Waals surface area contributed by atoms with E-state index in [2.05, 4.69) is 29.2 Å². The Hall–Kier alpha value is -2.53. The Balaban J connectivity index is 1.18. The molecular weight excluding hydrogens is 410 g/mol. The highest BCUT2D eigenvalue weighted by Crippen LogP contribution is 2.24. The zero-order chi connectivity index (χ0) is 21.6. The molecule has 0 N–H and O–H groups in total. The summed E-state index contributed by atoms with van der Waals surface area (Å²) < 4.78 is 0. The lowest BCUT2D eigenvalue weighted by Gasteiger charge is -2.36. The maximum absolute atomic E-state index is 12.7. The topological polar surface area (TPSA) is 43.9 Å². The Labute approximate surface area is 189 Å². The lowest BCUT2D eigenvalue weighted by molar-refractivity contribution is -0.131. The smallest absolute Gasteiger partial charge is 0.253 e. The number of amides is 2. The molecule has 2 aliphatic heterocycles. The molecule has 2 aromatic rings. The second-order valence-corrected chi connectivity index (χ2v) is 8.92. The van der Waals surface area contributed by atoms with Crippen LogP contribution < -0.4 is 4.90 Å². The number of piperazine rings is 1. The number of hydrogen-bond donors (Lipinski definition) is 0. The van der Waals surface area contributed by atoms with Crippen molar-refractivity contribution < 1.29 is 9.59 Å². The van der Waals surface area contributed by atoms with E-state index in [4.69, 9.17) is 11.6 Å². The molecule has 4 rings (SSSR count). The molecule has 0 bridgehead atoms. The van der Waals surface area contributed by atoms with Crippen molar-refractivity contribution in [3.63, 3.8) is 0 Å². The molecule has 0 atom stereocenters. The summed E-state index contributed by atoms with van der Waals surface area (Å²) in [6.45, 7) is 4.86. The number of carbonyl (C=O) groups is 2. The number of benzene rings is 2. The summed E-state index contributed by atoms with van der Waals surface area (Å²) in [6.07, 6.45) is 3.44. The number of hydrogen-bond acceptors (Lipinski definition) is 3. The van der Waals surface area contributed by atoms with Crippen molar-refractivity contribution in [3.8, 4) is 0 Å². The van der Waals surface area contributed by atoms with Gasteiger partial charge in [0, 0.05) is 62.0 Å². The lowest BCUT2D eigenvalue weighted by atomic mass is 9.91. The van der Waals surface area contributed by atoms with Crippen molar-refractivity contribution in [3.05, 3.63) is 65.2 Å². The molecule has 2 fully saturated rings. The molecule has 31 heavy (non-hydrogen) atoms. The van der Waals surface area contributed by atoms with Crippen LogP contribution in [0.25, 0.3) is 0 Å². The first kappa shape index (κ1) is 21.7. The van der Waals surface area contributed by atoms with Crippen LogP contribution in [-0.4, -0.2) is 60.9 Å². The second kappa shape index (κ2) is 10.2. The molecule has 5 nitrogen and oxygen atoms in total. The predicted octanol–water partition coefficient (Wildman–Crippen LogP) is 4.32. The van der Waals surface area contributed by atoms with Gasteiger partial charge >= 0.3 is 0 Å². The van der Waals surface area contributed by atoms with Crippen LogP contribution in [0.2, 0.25) is 5.02 Å². The molecule has 0 saturated carbocycles. The van der Waals surface area contributed by atoms with E-state index in [1.165, 1.54) is 5.69 Å². The van der Waals surface area contributed by atoms with Crippen LogP contribution in [-0.2, 0) is 4.79 Å². The standard InChI is InChI=1S/C25H30ClN3O2/c26-22-6-4-5-21(19-22)25(31)29-13-11-20(12-14-29)9-10-24(30)28-17-15-27(16-18-28)23-7-2-1-3-8-23/h1-8,19-20H,9-18H2. The van der Waals surface area contributed by atoms with Gasteiger partial charge in [0.25, 0.3) is 5.91 Å². The first-order valence-electron chi connectivity index (χ1n) is 11.2. The van der Waals surface area contributed by atoms with E-state index in [-0.39, 0.29) is 11.8 Å². The summed E-state index contributed by atoms with van der Waals surface area (Å²) in [4.78, 5) is 31.6. The molecule has 0 spiro atoms. The number of likely N-dealkylation sites (tertiary alicyclic amines) is 1. The van der Waals surface area contributed by atoms with Gasteiger partial charge in [-0.3, -0.25) is 9.59 Å². The van der Waals surface area contributed by atoms with E-state index >= 15 is 0 Å². The van der Waals surface area contributed by atoms with Crippen molar-refractivity contribution in [2.45, 2.75) is 25.7 Å². The van der Waals surface area contributed by atoms with Gasteiger partial charge in [-0.2, -0.15) is 0 Å². The SMILES string of the molecule is O=C(CCC1CCN(C(=O)c2cccc(Cl)c2)CC1)N1CCN(c2ccccc2)CC1. The fraction of sp³-hybridized carbons (Fsp3) is 0.440. The molecule has 2 aliphatic rings. The van der Waals surface area contributed by atoms with Crippen molar-refractivity contribution in [2.24, 2.45) is 5.92 Å². The van der Waals surface area contributed by atoms with E-state index in [0.717, 1.165) is 58.5 Å². The van der Waals surface area contributed by atoms with Crippen molar-refractivity contribution in [1.82, 2.24) is 9.80 Å². The first-order chi connectivity index (χ1) is 15.1. The van der Waals surface area contributed by atoms with E-state index in [0.29, 0.717) is 22.9 Å². The van der Waals surface area contributed by atoms with Gasteiger partial charge in [-0.05, 0) is 55.5 Å². The normalized spacial score (nSPS) is 17.6. The number of halogens is 1. The fourth-order valence-corrected chi connectivity index (χ4v) is 4.76. The summed E-state index contributed by atoms with van der Waals surface area (Å²) in [5, 5.41) is 0.587. The highest BCUT2D eigenvalue weighted by molar-refractivity contribution is 6.30. The third kappa shape index (κ3) is 5.59. The Morgan fingerprint density at radius 2 is 1.55 bits per heavy atom. The first-order valence-corrected chi connectivity index (χ1v) is 11.6. The minimum atomic E-state index is 0.0494. The molecule has 2 amide bonds. The maximum atomic E-state index is 12.7. The van der Waals surface area contributed by atoms with E-state index < -0.39 is 0 Å². The maximum Gasteiger partial charge on any atom is 0.253 e. The van der Waals surface area contributed by atoms with Gasteiger partial charge in [-0.25, -0.2) is 0 Å². The monoisotopic (exact) mass is 439 g/mol. The molecule has 0 radical (unpaired) electrons. The quantitative estimate of drug-likeness (QED) is 0.696. The van der Waals surface area contributed by atoms with Crippen LogP contribution in [0.4, 0.5) is 5.69 Å². The number of carbonyl (C=O) groups excluding carboxylic acids is 2. The summed E-state index contributed by atoms with van der Waals surface area (Å²) in [5.41, 5.74) is 1.88. The third-order valence-corrected chi connectivity index (χ3v) is 6.73. The Morgan fingerprint density at radius 1 is 0.839 bits per heavy atom. The zero-order valence-corrected chi connectivity index (χ0v) is 18.6. The molecule has 0 aromatic heterocycles. The Bertz CT molecular complexity index is 889. The highest BCUT2D eigenvalue weighted by atomic mass is 35.5. The molecular formula is C25H30ClN3O2. The van der Waals surface area contributed by atoms with Gasteiger partial charge in [-0.1, -0.05) is 35.9 Å². The minimum Gasteiger partial charge on any atom is -0.368 e. The largest absolute Gasteiger partial charge is 0.368 e. The van der Waals surface area contributed by atoms with Crippen LogP contribution in [0.1, 0.15) is 36.0 Å². The lowest BCUT2D eigenvalue weighted by Crippen LogP contribution is -2.48. The van der Waals surface area contributed by atoms with E-state index in [1.807, 2.05) is 28.0 Å². The van der Waals surface area contributed by atoms with Crippen molar-refractivity contribution >= 4 is 29.1 Å². The number of nitrogens with zero attached hydrogens (tertiary/aromatic N) is 3. The van der Waals surface area contributed by atoms with Gasteiger partial charge in [0.05, 0.1) is 0 Å². The fourth-order valence-electron chi connectivity index (χ4n) is 4.57. The molecule has 2 aromatic carbocycles. The van der Waals surface area contributed by atoms with Crippen LogP contribution in [0.5, 0.6) is 0 Å². The molecule has 6 heteroatoms. The molecule has 0 unspecified atom stereocenters. The van der Waals surface area contributed by atoms with Crippen LogP contribution in [0.15, 0.2) is 54.6 Å².